The normalized spacial score (nSPS) is 11.1. The molecule has 2 heterocycles. The number of anilines is 1. The maximum atomic E-state index is 13.5. The number of rotatable bonds is 5. The Labute approximate surface area is 186 Å². The molecule has 158 valence electrons. The number of imidazole rings is 1. The van der Waals surface area contributed by atoms with Crippen molar-refractivity contribution in [3.63, 3.8) is 0 Å². The molecule has 1 amide bonds. The summed E-state index contributed by atoms with van der Waals surface area (Å²) in [6.07, 6.45) is 3.96. The lowest BCUT2D eigenvalue weighted by atomic mass is 10.0. The molecule has 0 bridgehead atoms. The second-order valence-electron chi connectivity index (χ2n) is 7.64. The average molecular weight is 422 g/mol. The van der Waals surface area contributed by atoms with Crippen molar-refractivity contribution >= 4 is 28.0 Å². The predicted octanol–water partition coefficient (Wildman–Crippen LogP) is 6.11. The number of nitrogens with one attached hydrogen (secondary N) is 1. The number of carbonyl (C=O) groups is 1. The van der Waals surface area contributed by atoms with E-state index in [1.807, 2.05) is 103 Å². The van der Waals surface area contributed by atoms with Gasteiger partial charge in [0, 0.05) is 18.0 Å². The second-order valence-corrected chi connectivity index (χ2v) is 7.64. The number of hydrogen-bond donors (Lipinski definition) is 1. The van der Waals surface area contributed by atoms with Crippen molar-refractivity contribution in [3.05, 3.63) is 96.3 Å². The van der Waals surface area contributed by atoms with Gasteiger partial charge in [-0.3, -0.25) is 4.79 Å². The molecule has 0 aliphatic carbocycles. The van der Waals surface area contributed by atoms with Crippen LogP contribution in [0.1, 0.15) is 22.8 Å². The van der Waals surface area contributed by atoms with Gasteiger partial charge < -0.3 is 14.5 Å². The first-order valence-corrected chi connectivity index (χ1v) is 10.7. The van der Waals surface area contributed by atoms with Crippen molar-refractivity contribution in [2.45, 2.75) is 13.8 Å². The molecular weight excluding hydrogens is 398 g/mol. The molecule has 5 nitrogen and oxygen atoms in total. The van der Waals surface area contributed by atoms with Crippen LogP contribution in [0.4, 0.5) is 5.69 Å². The first-order chi connectivity index (χ1) is 15.7. The molecule has 2 aromatic heterocycles. The van der Waals surface area contributed by atoms with Gasteiger partial charge in [0.2, 0.25) is 0 Å². The summed E-state index contributed by atoms with van der Waals surface area (Å²) in [6, 6.07) is 23.4. The van der Waals surface area contributed by atoms with Gasteiger partial charge in [-0.1, -0.05) is 54.6 Å². The van der Waals surface area contributed by atoms with Gasteiger partial charge >= 0.3 is 0 Å². The maximum absolute atomic E-state index is 13.5. The van der Waals surface area contributed by atoms with E-state index < -0.39 is 0 Å². The highest BCUT2D eigenvalue weighted by atomic mass is 16.5. The molecule has 32 heavy (non-hydrogen) atoms. The van der Waals surface area contributed by atoms with Gasteiger partial charge in [-0.05, 0) is 48.4 Å². The molecule has 0 radical (unpaired) electrons. The van der Waals surface area contributed by atoms with Gasteiger partial charge in [-0.2, -0.15) is 0 Å². The molecule has 3 aromatic carbocycles. The van der Waals surface area contributed by atoms with Gasteiger partial charge in [-0.25, -0.2) is 4.98 Å². The van der Waals surface area contributed by atoms with E-state index in [1.165, 1.54) is 0 Å². The third-order valence-corrected chi connectivity index (χ3v) is 5.55. The molecule has 0 atom stereocenters. The van der Waals surface area contributed by atoms with Crippen LogP contribution in [-0.4, -0.2) is 21.9 Å². The van der Waals surface area contributed by atoms with Crippen LogP contribution in [-0.2, 0) is 0 Å². The molecule has 0 fully saturated rings. The van der Waals surface area contributed by atoms with Crippen molar-refractivity contribution in [1.82, 2.24) is 9.38 Å². The maximum Gasteiger partial charge on any atom is 0.260 e. The van der Waals surface area contributed by atoms with Crippen LogP contribution in [0, 0.1) is 6.92 Å². The van der Waals surface area contributed by atoms with Crippen LogP contribution in [0.15, 0.2) is 85.2 Å². The van der Waals surface area contributed by atoms with Gasteiger partial charge in [0.1, 0.15) is 11.4 Å². The summed E-state index contributed by atoms with van der Waals surface area (Å²) in [4.78, 5) is 18.3. The Hall–Kier alpha value is -4.12. The zero-order chi connectivity index (χ0) is 22.1. The Balaban J connectivity index is 1.58. The Morgan fingerprint density at radius 2 is 1.81 bits per heavy atom. The zero-order valence-electron chi connectivity index (χ0n) is 18.0. The number of hydrogen-bond acceptors (Lipinski definition) is 3. The number of para-hydroxylation sites is 1. The van der Waals surface area contributed by atoms with E-state index in [1.54, 1.807) is 0 Å². The molecular formula is C27H23N3O2. The first kappa shape index (κ1) is 19.8. The molecule has 0 saturated heterocycles. The minimum absolute atomic E-state index is 0.211. The van der Waals surface area contributed by atoms with Gasteiger partial charge in [0.25, 0.3) is 5.91 Å². The van der Waals surface area contributed by atoms with Gasteiger partial charge in [0.15, 0.2) is 0 Å². The zero-order valence-corrected chi connectivity index (χ0v) is 18.0. The standard InChI is InChI=1S/C27H23N3O2/c1-3-32-24-15-14-19-10-4-5-11-20(19)25(24)27(31)29-22-13-7-6-12-21(22)23-17-30-16-8-9-18(2)26(30)28-23/h4-17H,3H2,1-2H3,(H,29,31). The highest BCUT2D eigenvalue weighted by molar-refractivity contribution is 6.15. The van der Waals surface area contributed by atoms with Crippen LogP contribution >= 0.6 is 0 Å². The van der Waals surface area contributed by atoms with Crippen LogP contribution in [0.5, 0.6) is 5.75 Å². The predicted molar refractivity (Wildman–Crippen MR) is 128 cm³/mol. The number of pyridine rings is 1. The monoisotopic (exact) mass is 421 g/mol. The summed E-state index contributed by atoms with van der Waals surface area (Å²) < 4.78 is 7.80. The van der Waals surface area contributed by atoms with Crippen LogP contribution in [0.25, 0.3) is 27.7 Å². The first-order valence-electron chi connectivity index (χ1n) is 10.7. The number of aryl methyl sites for hydroxylation is 1. The van der Waals surface area contributed by atoms with E-state index in [4.69, 9.17) is 9.72 Å². The van der Waals surface area contributed by atoms with E-state index in [0.717, 1.165) is 33.2 Å². The minimum Gasteiger partial charge on any atom is -0.493 e. The van der Waals surface area contributed by atoms with Crippen LogP contribution in [0.2, 0.25) is 0 Å². The molecule has 1 N–H and O–H groups in total. The van der Waals surface area contributed by atoms with E-state index in [2.05, 4.69) is 5.32 Å². The number of benzene rings is 3. The van der Waals surface area contributed by atoms with Crippen molar-refractivity contribution in [1.29, 1.82) is 0 Å². The number of fused-ring (bicyclic) bond motifs is 2. The molecule has 0 spiro atoms. The topological polar surface area (TPSA) is 55.6 Å². The fraction of sp³-hybridized carbons (Fsp3) is 0.111. The molecule has 0 saturated carbocycles. The van der Waals surface area contributed by atoms with E-state index in [-0.39, 0.29) is 5.91 Å². The largest absolute Gasteiger partial charge is 0.493 e. The quantitative estimate of drug-likeness (QED) is 0.372. The molecule has 0 aliphatic rings. The summed E-state index contributed by atoms with van der Waals surface area (Å²) in [5.74, 6) is 0.363. The summed E-state index contributed by atoms with van der Waals surface area (Å²) in [5.41, 5.74) is 4.90. The second kappa shape index (κ2) is 8.19. The fourth-order valence-electron chi connectivity index (χ4n) is 4.05. The minimum atomic E-state index is -0.211. The van der Waals surface area contributed by atoms with Gasteiger partial charge in [-0.15, -0.1) is 0 Å². The summed E-state index contributed by atoms with van der Waals surface area (Å²) in [5, 5.41) is 4.96. The Kier molecular flexibility index (Phi) is 5.07. The van der Waals surface area contributed by atoms with Gasteiger partial charge in [0.05, 0.1) is 23.6 Å². The summed E-state index contributed by atoms with van der Waals surface area (Å²) in [6.45, 7) is 4.43. The highest BCUT2D eigenvalue weighted by Gasteiger charge is 2.19. The lowest BCUT2D eigenvalue weighted by Crippen LogP contribution is -2.15. The smallest absolute Gasteiger partial charge is 0.260 e. The lowest BCUT2D eigenvalue weighted by molar-refractivity contribution is 0.102. The Bertz CT molecular complexity index is 1450. The highest BCUT2D eigenvalue weighted by Crippen LogP contribution is 2.32. The Morgan fingerprint density at radius 3 is 2.66 bits per heavy atom. The Morgan fingerprint density at radius 1 is 1.00 bits per heavy atom. The number of carbonyl (C=O) groups excluding carboxylic acids is 1. The third-order valence-electron chi connectivity index (χ3n) is 5.55. The fourth-order valence-corrected chi connectivity index (χ4v) is 4.05. The SMILES string of the molecule is CCOc1ccc2ccccc2c1C(=O)Nc1ccccc1-c1cn2cccc(C)c2n1. The molecule has 0 unspecified atom stereocenters. The third kappa shape index (κ3) is 3.48. The van der Waals surface area contributed by atoms with E-state index in [0.29, 0.717) is 23.6 Å². The van der Waals surface area contributed by atoms with E-state index >= 15 is 0 Å². The summed E-state index contributed by atoms with van der Waals surface area (Å²) >= 11 is 0. The lowest BCUT2D eigenvalue weighted by Gasteiger charge is -2.15. The average Bonchev–Trinajstić information content (AvgIpc) is 3.25. The number of nitrogens with zero attached hydrogens (tertiary/aromatic N) is 2. The van der Waals surface area contributed by atoms with Crippen molar-refractivity contribution in [3.8, 4) is 17.0 Å². The summed E-state index contributed by atoms with van der Waals surface area (Å²) in [7, 11) is 0. The van der Waals surface area contributed by atoms with Crippen molar-refractivity contribution in [2.24, 2.45) is 0 Å². The van der Waals surface area contributed by atoms with Crippen molar-refractivity contribution < 1.29 is 9.53 Å². The number of ether oxygens (including phenoxy) is 1. The molecule has 0 aliphatic heterocycles. The van der Waals surface area contributed by atoms with Crippen molar-refractivity contribution in [2.75, 3.05) is 11.9 Å². The number of aromatic nitrogens is 2. The van der Waals surface area contributed by atoms with Crippen LogP contribution in [0.3, 0.4) is 0 Å². The van der Waals surface area contributed by atoms with Crippen LogP contribution < -0.4 is 10.1 Å². The molecule has 5 aromatic rings. The van der Waals surface area contributed by atoms with E-state index in [9.17, 15) is 4.79 Å². The molecule has 5 rings (SSSR count). The number of amides is 1. The molecule has 5 heteroatoms.